The molecule has 0 spiro atoms. The van der Waals surface area contributed by atoms with Gasteiger partial charge in [0.1, 0.15) is 0 Å². The molecule has 0 aliphatic heterocycles. The summed E-state index contributed by atoms with van der Waals surface area (Å²) >= 11 is 12.7. The summed E-state index contributed by atoms with van der Waals surface area (Å²) in [5, 5.41) is 9.22. The fraction of sp³-hybridized carbons (Fsp3) is 0.400. The Kier molecular flexibility index (Phi) is 5.46. The Hall–Kier alpha value is -1.03. The van der Waals surface area contributed by atoms with Crippen LogP contribution in [0.4, 0.5) is 0 Å². The number of rotatable bonds is 6. The van der Waals surface area contributed by atoms with E-state index in [0.29, 0.717) is 5.02 Å². The van der Waals surface area contributed by atoms with Crippen LogP contribution in [-0.4, -0.2) is 16.3 Å². The number of hydrogen-bond donors (Lipinski definition) is 1. The van der Waals surface area contributed by atoms with E-state index >= 15 is 0 Å². The van der Waals surface area contributed by atoms with Crippen LogP contribution in [0.2, 0.25) is 10.0 Å². The van der Waals surface area contributed by atoms with Crippen LogP contribution in [0.25, 0.3) is 0 Å². The van der Waals surface area contributed by atoms with Gasteiger partial charge < -0.3 is 5.32 Å². The standard InChI is InChI=1S/C15H19Cl2N3/c1-3-9-20-15(13(17)10-19-20)14(18-4-2)11-7-5-6-8-12(11)16/h5-8,10,14,18H,3-4,9H2,1-2H3. The lowest BCUT2D eigenvalue weighted by Crippen LogP contribution is -2.25. The molecule has 2 rings (SSSR count). The number of benzene rings is 1. The lowest BCUT2D eigenvalue weighted by molar-refractivity contribution is 0.520. The van der Waals surface area contributed by atoms with Gasteiger partial charge in [-0.25, -0.2) is 0 Å². The van der Waals surface area contributed by atoms with Crippen LogP contribution in [0.3, 0.4) is 0 Å². The predicted octanol–water partition coefficient (Wildman–Crippen LogP) is 4.30. The lowest BCUT2D eigenvalue weighted by atomic mass is 10.0. The van der Waals surface area contributed by atoms with Crippen molar-refractivity contribution in [2.75, 3.05) is 6.54 Å². The van der Waals surface area contributed by atoms with Crippen LogP contribution in [0.5, 0.6) is 0 Å². The number of nitrogens with zero attached hydrogens (tertiary/aromatic N) is 2. The molecule has 5 heteroatoms. The van der Waals surface area contributed by atoms with Gasteiger partial charge in [0, 0.05) is 11.6 Å². The molecule has 0 saturated carbocycles. The summed E-state index contributed by atoms with van der Waals surface area (Å²) in [6.45, 7) is 5.85. The fourth-order valence-electron chi connectivity index (χ4n) is 2.32. The van der Waals surface area contributed by atoms with Gasteiger partial charge in [-0.05, 0) is 24.6 Å². The molecule has 108 valence electrons. The molecule has 0 bridgehead atoms. The molecule has 0 fully saturated rings. The van der Waals surface area contributed by atoms with Crippen molar-refractivity contribution in [1.82, 2.24) is 15.1 Å². The molecule has 0 saturated heterocycles. The summed E-state index contributed by atoms with van der Waals surface area (Å²) in [5.41, 5.74) is 2.00. The van der Waals surface area contributed by atoms with Gasteiger partial charge in [0.05, 0.1) is 23.0 Å². The Labute approximate surface area is 129 Å². The zero-order valence-corrected chi connectivity index (χ0v) is 13.2. The van der Waals surface area contributed by atoms with Crippen LogP contribution in [-0.2, 0) is 6.54 Å². The van der Waals surface area contributed by atoms with Crippen molar-refractivity contribution in [2.24, 2.45) is 0 Å². The van der Waals surface area contributed by atoms with E-state index in [9.17, 15) is 0 Å². The molecular formula is C15H19Cl2N3. The topological polar surface area (TPSA) is 29.9 Å². The van der Waals surface area contributed by atoms with Gasteiger partial charge in [-0.3, -0.25) is 4.68 Å². The van der Waals surface area contributed by atoms with Crippen LogP contribution in [0, 0.1) is 0 Å². The van der Waals surface area contributed by atoms with Gasteiger partial charge in [0.2, 0.25) is 0 Å². The Bertz CT molecular complexity index is 566. The second-order valence-corrected chi connectivity index (χ2v) is 5.43. The first-order valence-electron chi connectivity index (χ1n) is 6.88. The number of nitrogens with one attached hydrogen (secondary N) is 1. The monoisotopic (exact) mass is 311 g/mol. The first-order chi connectivity index (χ1) is 9.69. The number of halogens is 2. The largest absolute Gasteiger partial charge is 0.305 e. The van der Waals surface area contributed by atoms with Crippen molar-refractivity contribution in [3.8, 4) is 0 Å². The first-order valence-corrected chi connectivity index (χ1v) is 7.63. The molecule has 1 heterocycles. The first kappa shape index (κ1) is 15.4. The maximum absolute atomic E-state index is 6.35. The van der Waals surface area contributed by atoms with E-state index in [0.717, 1.165) is 35.8 Å². The molecule has 1 aromatic heterocycles. The summed E-state index contributed by atoms with van der Waals surface area (Å²) in [4.78, 5) is 0. The zero-order chi connectivity index (χ0) is 14.5. The number of aromatic nitrogens is 2. The molecule has 3 nitrogen and oxygen atoms in total. The lowest BCUT2D eigenvalue weighted by Gasteiger charge is -2.21. The SMILES string of the molecule is CCCn1ncc(Cl)c1C(NCC)c1ccccc1Cl. The quantitative estimate of drug-likeness (QED) is 0.862. The molecule has 20 heavy (non-hydrogen) atoms. The molecule has 0 aliphatic carbocycles. The summed E-state index contributed by atoms with van der Waals surface area (Å²) in [7, 11) is 0. The summed E-state index contributed by atoms with van der Waals surface area (Å²) in [5.74, 6) is 0. The summed E-state index contributed by atoms with van der Waals surface area (Å²) in [6.07, 6.45) is 2.71. The highest BCUT2D eigenvalue weighted by Gasteiger charge is 2.22. The Morgan fingerprint density at radius 1 is 1.20 bits per heavy atom. The average molecular weight is 312 g/mol. The minimum atomic E-state index is -0.0461. The van der Waals surface area contributed by atoms with Crippen molar-refractivity contribution in [1.29, 1.82) is 0 Å². The van der Waals surface area contributed by atoms with Gasteiger partial charge >= 0.3 is 0 Å². The molecular weight excluding hydrogens is 293 g/mol. The molecule has 1 aromatic carbocycles. The van der Waals surface area contributed by atoms with E-state index in [1.807, 2.05) is 28.9 Å². The smallest absolute Gasteiger partial charge is 0.0837 e. The minimum absolute atomic E-state index is 0.0461. The minimum Gasteiger partial charge on any atom is -0.305 e. The third kappa shape index (κ3) is 3.17. The highest BCUT2D eigenvalue weighted by Crippen LogP contribution is 2.32. The highest BCUT2D eigenvalue weighted by atomic mass is 35.5. The second kappa shape index (κ2) is 7.11. The van der Waals surface area contributed by atoms with Crippen LogP contribution < -0.4 is 5.32 Å². The van der Waals surface area contributed by atoms with Gasteiger partial charge in [-0.1, -0.05) is 55.2 Å². The second-order valence-electron chi connectivity index (χ2n) is 4.61. The van der Waals surface area contributed by atoms with Gasteiger partial charge in [0.25, 0.3) is 0 Å². The Morgan fingerprint density at radius 3 is 2.60 bits per heavy atom. The summed E-state index contributed by atoms with van der Waals surface area (Å²) < 4.78 is 1.96. The van der Waals surface area contributed by atoms with Crippen LogP contribution in [0.15, 0.2) is 30.5 Å². The van der Waals surface area contributed by atoms with E-state index in [4.69, 9.17) is 23.2 Å². The van der Waals surface area contributed by atoms with Crippen molar-refractivity contribution in [3.05, 3.63) is 51.8 Å². The molecule has 2 aromatic rings. The van der Waals surface area contributed by atoms with Crippen molar-refractivity contribution < 1.29 is 0 Å². The predicted molar refractivity (Wildman–Crippen MR) is 84.5 cm³/mol. The molecule has 0 radical (unpaired) electrons. The maximum Gasteiger partial charge on any atom is 0.0837 e. The molecule has 0 amide bonds. The molecule has 1 N–H and O–H groups in total. The summed E-state index contributed by atoms with van der Waals surface area (Å²) in [6, 6.07) is 7.79. The highest BCUT2D eigenvalue weighted by molar-refractivity contribution is 6.32. The third-order valence-electron chi connectivity index (χ3n) is 3.17. The van der Waals surface area contributed by atoms with Gasteiger partial charge in [-0.15, -0.1) is 0 Å². The Balaban J connectivity index is 2.49. The normalized spacial score (nSPS) is 12.6. The Morgan fingerprint density at radius 2 is 1.95 bits per heavy atom. The number of hydrogen-bond acceptors (Lipinski definition) is 2. The van der Waals surface area contributed by atoms with Gasteiger partial charge in [0.15, 0.2) is 0 Å². The zero-order valence-electron chi connectivity index (χ0n) is 11.7. The van der Waals surface area contributed by atoms with Crippen molar-refractivity contribution in [3.63, 3.8) is 0 Å². The van der Waals surface area contributed by atoms with Crippen LogP contribution in [0.1, 0.15) is 37.6 Å². The van der Waals surface area contributed by atoms with E-state index in [1.165, 1.54) is 0 Å². The average Bonchev–Trinajstić information content (AvgIpc) is 2.79. The van der Waals surface area contributed by atoms with E-state index in [-0.39, 0.29) is 6.04 Å². The number of aryl methyl sites for hydroxylation is 1. The van der Waals surface area contributed by atoms with Gasteiger partial charge in [-0.2, -0.15) is 5.10 Å². The van der Waals surface area contributed by atoms with E-state index in [1.54, 1.807) is 6.20 Å². The molecule has 1 unspecified atom stereocenters. The fourth-order valence-corrected chi connectivity index (χ4v) is 2.81. The van der Waals surface area contributed by atoms with Crippen LogP contribution >= 0.6 is 23.2 Å². The van der Waals surface area contributed by atoms with E-state index in [2.05, 4.69) is 24.3 Å². The van der Waals surface area contributed by atoms with Crippen molar-refractivity contribution >= 4 is 23.2 Å². The van der Waals surface area contributed by atoms with Crippen molar-refractivity contribution in [2.45, 2.75) is 32.9 Å². The maximum atomic E-state index is 6.35. The third-order valence-corrected chi connectivity index (χ3v) is 3.80. The van der Waals surface area contributed by atoms with E-state index < -0.39 is 0 Å². The molecule has 1 atom stereocenters. The molecule has 0 aliphatic rings.